The van der Waals surface area contributed by atoms with Crippen molar-refractivity contribution < 1.29 is 18.1 Å². The molecule has 0 radical (unpaired) electrons. The van der Waals surface area contributed by atoms with Crippen LogP contribution in [0, 0.1) is 5.92 Å². The van der Waals surface area contributed by atoms with Gasteiger partial charge < -0.3 is 9.42 Å². The highest BCUT2D eigenvalue weighted by Gasteiger charge is 2.46. The van der Waals surface area contributed by atoms with Crippen molar-refractivity contribution in [3.8, 4) is 0 Å². The summed E-state index contributed by atoms with van der Waals surface area (Å²) in [5.74, 6) is -3.33. The number of hydrogen-bond acceptors (Lipinski definition) is 4. The molecule has 2 fully saturated rings. The van der Waals surface area contributed by atoms with Gasteiger partial charge in [-0.1, -0.05) is 11.6 Å². The summed E-state index contributed by atoms with van der Waals surface area (Å²) in [6.07, 6.45) is 3.29. The van der Waals surface area contributed by atoms with E-state index in [9.17, 15) is 13.6 Å². The zero-order chi connectivity index (χ0) is 15.0. The van der Waals surface area contributed by atoms with E-state index < -0.39 is 17.7 Å². The molecule has 1 atom stereocenters. The normalized spacial score (nSPS) is 24.8. The van der Waals surface area contributed by atoms with E-state index in [2.05, 4.69) is 10.1 Å². The minimum absolute atomic E-state index is 0.113. The van der Waals surface area contributed by atoms with Crippen molar-refractivity contribution in [3.05, 3.63) is 11.7 Å². The molecule has 1 heterocycles. The fourth-order valence-corrected chi connectivity index (χ4v) is 2.78. The largest absolute Gasteiger partial charge is 0.339 e. The third-order valence-electron chi connectivity index (χ3n) is 4.23. The Morgan fingerprint density at radius 3 is 2.81 bits per heavy atom. The van der Waals surface area contributed by atoms with Crippen LogP contribution in [0.3, 0.4) is 0 Å². The summed E-state index contributed by atoms with van der Waals surface area (Å²) in [4.78, 5) is 17.7. The molecule has 116 valence electrons. The highest BCUT2D eigenvalue weighted by atomic mass is 19.3. The molecule has 0 N–H and O–H groups in total. The molecule has 1 aromatic rings. The second kappa shape index (κ2) is 5.35. The van der Waals surface area contributed by atoms with Crippen molar-refractivity contribution in [2.45, 2.75) is 56.9 Å². The lowest BCUT2D eigenvalue weighted by molar-refractivity contribution is -0.155. The van der Waals surface area contributed by atoms with Crippen LogP contribution in [0.25, 0.3) is 0 Å². The van der Waals surface area contributed by atoms with Crippen molar-refractivity contribution in [1.29, 1.82) is 0 Å². The molecule has 1 aromatic heterocycles. The van der Waals surface area contributed by atoms with Crippen LogP contribution < -0.4 is 0 Å². The lowest BCUT2D eigenvalue weighted by Crippen LogP contribution is -2.44. The maximum Gasteiger partial charge on any atom is 0.259 e. The van der Waals surface area contributed by atoms with Gasteiger partial charge in [0.1, 0.15) is 5.92 Å². The second-order valence-electron chi connectivity index (χ2n) is 6.08. The molecule has 7 heteroatoms. The van der Waals surface area contributed by atoms with Gasteiger partial charge in [-0.3, -0.25) is 4.79 Å². The van der Waals surface area contributed by atoms with E-state index in [1.54, 1.807) is 0 Å². The fourth-order valence-electron chi connectivity index (χ4n) is 2.78. The monoisotopic (exact) mass is 299 g/mol. The Kier molecular flexibility index (Phi) is 3.67. The zero-order valence-corrected chi connectivity index (χ0v) is 12.0. The number of carbonyl (C=O) groups is 1. The standard InChI is InChI=1S/C14H19F2N3O2/c1-19(8-11-17-12(21-18-11)9-5-6-9)13(20)10-4-2-3-7-14(10,15)16/h9-10H,2-8H2,1H3. The molecule has 2 aliphatic rings. The Morgan fingerprint density at radius 1 is 1.38 bits per heavy atom. The van der Waals surface area contributed by atoms with Crippen LogP contribution in [-0.4, -0.2) is 33.9 Å². The maximum atomic E-state index is 13.8. The van der Waals surface area contributed by atoms with Crippen LogP contribution in [0.2, 0.25) is 0 Å². The van der Waals surface area contributed by atoms with Crippen LogP contribution in [0.4, 0.5) is 8.78 Å². The maximum absolute atomic E-state index is 13.8. The van der Waals surface area contributed by atoms with E-state index in [0.29, 0.717) is 30.5 Å². The van der Waals surface area contributed by atoms with Crippen molar-refractivity contribution in [2.24, 2.45) is 5.92 Å². The molecule has 0 spiro atoms. The van der Waals surface area contributed by atoms with Crippen molar-refractivity contribution in [3.63, 3.8) is 0 Å². The minimum Gasteiger partial charge on any atom is -0.339 e. The number of aromatic nitrogens is 2. The van der Waals surface area contributed by atoms with Crippen molar-refractivity contribution in [2.75, 3.05) is 7.05 Å². The van der Waals surface area contributed by atoms with Crippen LogP contribution in [0.5, 0.6) is 0 Å². The van der Waals surface area contributed by atoms with Gasteiger partial charge in [0.25, 0.3) is 5.92 Å². The van der Waals surface area contributed by atoms with E-state index in [0.717, 1.165) is 12.8 Å². The van der Waals surface area contributed by atoms with Crippen LogP contribution in [-0.2, 0) is 11.3 Å². The average Bonchev–Trinajstić information content (AvgIpc) is 3.18. The predicted molar refractivity (Wildman–Crippen MR) is 69.7 cm³/mol. The highest BCUT2D eigenvalue weighted by Crippen LogP contribution is 2.40. The number of alkyl halides is 2. The van der Waals surface area contributed by atoms with E-state index >= 15 is 0 Å². The number of amides is 1. The fraction of sp³-hybridized carbons (Fsp3) is 0.786. The van der Waals surface area contributed by atoms with Crippen LogP contribution in [0.1, 0.15) is 56.2 Å². The molecule has 1 amide bonds. The average molecular weight is 299 g/mol. The number of halogens is 2. The third kappa shape index (κ3) is 3.06. The van der Waals surface area contributed by atoms with E-state index in [4.69, 9.17) is 4.52 Å². The Labute approximate surface area is 121 Å². The van der Waals surface area contributed by atoms with Gasteiger partial charge in [0.05, 0.1) is 6.54 Å². The Morgan fingerprint density at radius 2 is 2.14 bits per heavy atom. The summed E-state index contributed by atoms with van der Waals surface area (Å²) in [5, 5.41) is 3.81. The van der Waals surface area contributed by atoms with Gasteiger partial charge in [-0.2, -0.15) is 4.98 Å². The predicted octanol–water partition coefficient (Wildman–Crippen LogP) is 2.73. The summed E-state index contributed by atoms with van der Waals surface area (Å²) < 4.78 is 32.8. The second-order valence-corrected chi connectivity index (χ2v) is 6.08. The molecular formula is C14H19F2N3O2. The zero-order valence-electron chi connectivity index (χ0n) is 12.0. The molecule has 0 aliphatic heterocycles. The molecule has 21 heavy (non-hydrogen) atoms. The van der Waals surface area contributed by atoms with Crippen molar-refractivity contribution >= 4 is 5.91 Å². The first-order chi connectivity index (χ1) is 9.97. The Hall–Kier alpha value is -1.53. The molecule has 1 unspecified atom stereocenters. The summed E-state index contributed by atoms with van der Waals surface area (Å²) in [6.45, 7) is 0.113. The minimum atomic E-state index is -2.90. The lowest BCUT2D eigenvalue weighted by Gasteiger charge is -2.32. The molecule has 3 rings (SSSR count). The smallest absolute Gasteiger partial charge is 0.259 e. The quantitative estimate of drug-likeness (QED) is 0.857. The Bertz CT molecular complexity index is 528. The molecule has 0 bridgehead atoms. The summed E-state index contributed by atoms with van der Waals surface area (Å²) in [7, 11) is 1.51. The van der Waals surface area contributed by atoms with Crippen molar-refractivity contribution in [1.82, 2.24) is 15.0 Å². The van der Waals surface area contributed by atoms with Gasteiger partial charge in [-0.05, 0) is 25.7 Å². The molecule has 0 aromatic carbocycles. The molecule has 5 nitrogen and oxygen atoms in total. The van der Waals surface area contributed by atoms with Gasteiger partial charge in [-0.25, -0.2) is 8.78 Å². The van der Waals surface area contributed by atoms with Gasteiger partial charge in [0, 0.05) is 19.4 Å². The van der Waals surface area contributed by atoms with E-state index in [-0.39, 0.29) is 19.4 Å². The lowest BCUT2D eigenvalue weighted by atomic mass is 9.84. The van der Waals surface area contributed by atoms with Gasteiger partial charge >= 0.3 is 0 Å². The molecular weight excluding hydrogens is 280 g/mol. The van der Waals surface area contributed by atoms with Gasteiger partial charge in [0.2, 0.25) is 11.8 Å². The van der Waals surface area contributed by atoms with E-state index in [1.807, 2.05) is 0 Å². The summed E-state index contributed by atoms with van der Waals surface area (Å²) in [5.41, 5.74) is 0. The SMILES string of the molecule is CN(Cc1noc(C2CC2)n1)C(=O)C1CCCCC1(F)F. The van der Waals surface area contributed by atoms with E-state index in [1.165, 1.54) is 11.9 Å². The molecule has 0 saturated heterocycles. The molecule has 2 saturated carbocycles. The van der Waals surface area contributed by atoms with Crippen LogP contribution >= 0.6 is 0 Å². The number of rotatable bonds is 4. The number of hydrogen-bond donors (Lipinski definition) is 0. The first-order valence-corrected chi connectivity index (χ1v) is 7.42. The van der Waals surface area contributed by atoms with Crippen LogP contribution in [0.15, 0.2) is 4.52 Å². The van der Waals surface area contributed by atoms with Gasteiger partial charge in [0.15, 0.2) is 5.82 Å². The summed E-state index contributed by atoms with van der Waals surface area (Å²) in [6, 6.07) is 0. The highest BCUT2D eigenvalue weighted by molar-refractivity contribution is 5.79. The van der Waals surface area contributed by atoms with Gasteiger partial charge in [-0.15, -0.1) is 0 Å². The summed E-state index contributed by atoms with van der Waals surface area (Å²) >= 11 is 0. The number of nitrogens with zero attached hydrogens (tertiary/aromatic N) is 3. The first-order valence-electron chi connectivity index (χ1n) is 7.42. The Balaban J connectivity index is 1.63. The third-order valence-corrected chi connectivity index (χ3v) is 4.23. The first kappa shape index (κ1) is 14.4. The molecule has 2 aliphatic carbocycles. The number of carbonyl (C=O) groups excluding carboxylic acids is 1. The topological polar surface area (TPSA) is 59.2 Å².